The van der Waals surface area contributed by atoms with Gasteiger partial charge in [0.2, 0.25) is 0 Å². The summed E-state index contributed by atoms with van der Waals surface area (Å²) >= 11 is 1.84. The van der Waals surface area contributed by atoms with E-state index < -0.39 is 0 Å². The lowest BCUT2D eigenvalue weighted by molar-refractivity contribution is 0.0852. The summed E-state index contributed by atoms with van der Waals surface area (Å²) in [4.78, 5) is 4.86. The van der Waals surface area contributed by atoms with E-state index in [1.54, 1.807) is 0 Å². The normalized spacial score (nSPS) is 27.2. The number of hydrogen-bond donors (Lipinski definition) is 1. The Balaban J connectivity index is 1.68. The molecule has 0 spiro atoms. The van der Waals surface area contributed by atoms with E-state index in [2.05, 4.69) is 10.7 Å². The maximum atomic E-state index is 5.41. The number of rotatable bonds is 2. The van der Waals surface area contributed by atoms with Gasteiger partial charge in [-0.2, -0.15) is 0 Å². The summed E-state index contributed by atoms with van der Waals surface area (Å²) in [7, 11) is 0. The van der Waals surface area contributed by atoms with Gasteiger partial charge in [-0.05, 0) is 32.2 Å². The molecule has 1 aromatic heterocycles. The number of hydrogen-bond acceptors (Lipinski definition) is 4. The van der Waals surface area contributed by atoms with Crippen molar-refractivity contribution in [3.05, 3.63) is 16.1 Å². The van der Waals surface area contributed by atoms with Crippen molar-refractivity contribution in [3.63, 3.8) is 0 Å². The van der Waals surface area contributed by atoms with Crippen molar-refractivity contribution in [3.8, 4) is 0 Å². The number of nitrogens with one attached hydrogen (secondary N) is 1. The van der Waals surface area contributed by atoms with E-state index in [0.29, 0.717) is 12.0 Å². The fourth-order valence-electron chi connectivity index (χ4n) is 2.70. The number of ether oxygens (including phenoxy) is 1. The SMILES string of the molecule is c1sc(C2CCOCC2)nc1C1CCCCN1. The van der Waals surface area contributed by atoms with Gasteiger partial charge in [0.25, 0.3) is 0 Å². The lowest BCUT2D eigenvalue weighted by Gasteiger charge is -2.22. The second kappa shape index (κ2) is 5.46. The number of piperidine rings is 1. The number of nitrogens with zero attached hydrogens (tertiary/aromatic N) is 1. The number of thiazole rings is 1. The van der Waals surface area contributed by atoms with Crippen LogP contribution in [-0.4, -0.2) is 24.7 Å². The van der Waals surface area contributed by atoms with Gasteiger partial charge >= 0.3 is 0 Å². The van der Waals surface area contributed by atoms with E-state index in [-0.39, 0.29) is 0 Å². The lowest BCUT2D eigenvalue weighted by atomic mass is 10.0. The summed E-state index contributed by atoms with van der Waals surface area (Å²) in [5, 5.41) is 7.16. The highest BCUT2D eigenvalue weighted by Crippen LogP contribution is 2.32. The smallest absolute Gasteiger partial charge is 0.0961 e. The maximum absolute atomic E-state index is 5.41. The predicted molar refractivity (Wildman–Crippen MR) is 69.5 cm³/mol. The molecule has 17 heavy (non-hydrogen) atoms. The molecule has 0 saturated carbocycles. The molecular weight excluding hydrogens is 232 g/mol. The average molecular weight is 252 g/mol. The molecule has 0 aliphatic carbocycles. The van der Waals surface area contributed by atoms with Crippen LogP contribution >= 0.6 is 11.3 Å². The Morgan fingerprint density at radius 3 is 2.88 bits per heavy atom. The molecule has 3 heterocycles. The Morgan fingerprint density at radius 2 is 2.12 bits per heavy atom. The monoisotopic (exact) mass is 252 g/mol. The molecule has 3 nitrogen and oxygen atoms in total. The van der Waals surface area contributed by atoms with E-state index >= 15 is 0 Å². The van der Waals surface area contributed by atoms with Crippen LogP contribution in [0, 0.1) is 0 Å². The van der Waals surface area contributed by atoms with Crippen LogP contribution in [-0.2, 0) is 4.74 Å². The minimum absolute atomic E-state index is 0.508. The van der Waals surface area contributed by atoms with Crippen LogP contribution in [0.1, 0.15) is 54.8 Å². The molecule has 0 aromatic carbocycles. The van der Waals surface area contributed by atoms with Crippen molar-refractivity contribution in [2.45, 2.75) is 44.1 Å². The highest BCUT2D eigenvalue weighted by Gasteiger charge is 2.22. The molecule has 1 atom stereocenters. The first kappa shape index (κ1) is 11.6. The highest BCUT2D eigenvalue weighted by molar-refractivity contribution is 7.09. The van der Waals surface area contributed by atoms with E-state index in [1.807, 2.05) is 11.3 Å². The summed E-state index contributed by atoms with van der Waals surface area (Å²) in [5.74, 6) is 0.645. The van der Waals surface area contributed by atoms with Gasteiger partial charge in [-0.15, -0.1) is 11.3 Å². The number of aromatic nitrogens is 1. The first-order chi connectivity index (χ1) is 8.43. The zero-order valence-electron chi connectivity index (χ0n) is 10.2. The van der Waals surface area contributed by atoms with Crippen LogP contribution in [0.4, 0.5) is 0 Å². The van der Waals surface area contributed by atoms with Crippen LogP contribution in [0.25, 0.3) is 0 Å². The fraction of sp³-hybridized carbons (Fsp3) is 0.769. The van der Waals surface area contributed by atoms with E-state index in [9.17, 15) is 0 Å². The van der Waals surface area contributed by atoms with Crippen LogP contribution in [0.5, 0.6) is 0 Å². The molecule has 1 unspecified atom stereocenters. The topological polar surface area (TPSA) is 34.1 Å². The van der Waals surface area contributed by atoms with Crippen molar-refractivity contribution >= 4 is 11.3 Å². The first-order valence-corrected chi connectivity index (χ1v) is 7.58. The third kappa shape index (κ3) is 2.69. The van der Waals surface area contributed by atoms with Gasteiger partial charge in [0.05, 0.1) is 16.7 Å². The molecule has 0 bridgehead atoms. The Hall–Kier alpha value is -0.450. The standard InChI is InChI=1S/C13H20N2OS/c1-2-6-14-11(3-1)12-9-17-13(15-12)10-4-7-16-8-5-10/h9-11,14H,1-8H2. The average Bonchev–Trinajstić information content (AvgIpc) is 2.90. The highest BCUT2D eigenvalue weighted by atomic mass is 32.1. The van der Waals surface area contributed by atoms with E-state index in [1.165, 1.54) is 30.0 Å². The lowest BCUT2D eigenvalue weighted by Crippen LogP contribution is -2.27. The molecule has 1 aromatic rings. The molecule has 4 heteroatoms. The van der Waals surface area contributed by atoms with Gasteiger partial charge in [-0.1, -0.05) is 6.42 Å². The van der Waals surface area contributed by atoms with Crippen LogP contribution < -0.4 is 5.32 Å². The zero-order chi connectivity index (χ0) is 11.5. The molecular formula is C13H20N2OS. The Labute approximate surface area is 107 Å². The van der Waals surface area contributed by atoms with Crippen LogP contribution in [0.2, 0.25) is 0 Å². The Morgan fingerprint density at radius 1 is 1.24 bits per heavy atom. The molecule has 94 valence electrons. The van der Waals surface area contributed by atoms with Crippen molar-refractivity contribution in [2.75, 3.05) is 19.8 Å². The summed E-state index contributed by atoms with van der Waals surface area (Å²) in [6.45, 7) is 2.96. The molecule has 2 saturated heterocycles. The van der Waals surface area contributed by atoms with Crippen molar-refractivity contribution in [2.24, 2.45) is 0 Å². The molecule has 2 fully saturated rings. The van der Waals surface area contributed by atoms with E-state index in [4.69, 9.17) is 9.72 Å². The van der Waals surface area contributed by atoms with Crippen molar-refractivity contribution in [1.29, 1.82) is 0 Å². The Bertz CT molecular complexity index is 322. The zero-order valence-corrected chi connectivity index (χ0v) is 11.0. The summed E-state index contributed by atoms with van der Waals surface area (Å²) < 4.78 is 5.41. The minimum Gasteiger partial charge on any atom is -0.381 e. The van der Waals surface area contributed by atoms with Gasteiger partial charge in [-0.3, -0.25) is 0 Å². The summed E-state index contributed by atoms with van der Waals surface area (Å²) in [6.07, 6.45) is 6.18. The first-order valence-electron chi connectivity index (χ1n) is 6.70. The van der Waals surface area contributed by atoms with Gasteiger partial charge in [-0.25, -0.2) is 4.98 Å². The van der Waals surface area contributed by atoms with Crippen molar-refractivity contribution in [1.82, 2.24) is 10.3 Å². The fourth-order valence-corrected chi connectivity index (χ4v) is 3.74. The summed E-state index contributed by atoms with van der Waals surface area (Å²) in [5.41, 5.74) is 1.27. The van der Waals surface area contributed by atoms with Crippen LogP contribution in [0.3, 0.4) is 0 Å². The predicted octanol–water partition coefficient (Wildman–Crippen LogP) is 2.85. The van der Waals surface area contributed by atoms with Gasteiger partial charge in [0, 0.05) is 24.5 Å². The molecule has 3 rings (SSSR count). The minimum atomic E-state index is 0.508. The molecule has 2 aliphatic rings. The van der Waals surface area contributed by atoms with Gasteiger partial charge < -0.3 is 10.1 Å². The molecule has 2 aliphatic heterocycles. The third-order valence-electron chi connectivity index (χ3n) is 3.78. The molecule has 0 amide bonds. The largest absolute Gasteiger partial charge is 0.381 e. The maximum Gasteiger partial charge on any atom is 0.0961 e. The second-order valence-corrected chi connectivity index (χ2v) is 5.89. The van der Waals surface area contributed by atoms with Crippen molar-refractivity contribution < 1.29 is 4.74 Å². The molecule has 0 radical (unpaired) electrons. The van der Waals surface area contributed by atoms with Crippen LogP contribution in [0.15, 0.2) is 5.38 Å². The van der Waals surface area contributed by atoms with Gasteiger partial charge in [0.15, 0.2) is 0 Å². The second-order valence-electron chi connectivity index (χ2n) is 5.00. The quantitative estimate of drug-likeness (QED) is 0.879. The van der Waals surface area contributed by atoms with E-state index in [0.717, 1.165) is 32.6 Å². The summed E-state index contributed by atoms with van der Waals surface area (Å²) in [6, 6.07) is 0.508. The third-order valence-corrected chi connectivity index (χ3v) is 4.80. The Kier molecular flexibility index (Phi) is 3.74. The van der Waals surface area contributed by atoms with Gasteiger partial charge in [0.1, 0.15) is 0 Å². The molecule has 1 N–H and O–H groups in total.